The van der Waals surface area contributed by atoms with Crippen LogP contribution in [0.2, 0.25) is 0 Å². The third-order valence-corrected chi connectivity index (χ3v) is 6.94. The van der Waals surface area contributed by atoms with Crippen molar-refractivity contribution in [3.05, 3.63) is 53.2 Å². The lowest BCUT2D eigenvalue weighted by molar-refractivity contribution is 0.0358. The van der Waals surface area contributed by atoms with E-state index in [1.54, 1.807) is 7.11 Å². The Morgan fingerprint density at radius 2 is 2.00 bits per heavy atom. The van der Waals surface area contributed by atoms with Crippen LogP contribution in [0, 0.1) is 0 Å². The van der Waals surface area contributed by atoms with Gasteiger partial charge in [-0.25, -0.2) is 4.98 Å². The highest BCUT2D eigenvalue weighted by atomic mass is 16.5. The molecule has 5 rings (SSSR count). The van der Waals surface area contributed by atoms with Crippen molar-refractivity contribution >= 4 is 0 Å². The van der Waals surface area contributed by atoms with Crippen molar-refractivity contribution in [3.63, 3.8) is 0 Å². The standard InChI is InChI=1S/C25H33N3O3/c1-29-25-8-5-19(17-26-25)23-18-28-10-2-4-24(28)22-16-20(6-7-21(22)23)31-13-3-9-27-11-14-30-15-12-27/h5-8,16-17,23-24H,2-4,9-15,18H2,1H3. The third kappa shape index (κ3) is 4.56. The predicted octanol–water partition coefficient (Wildman–Crippen LogP) is 3.47. The molecule has 0 N–H and O–H groups in total. The van der Waals surface area contributed by atoms with Gasteiger partial charge in [0.15, 0.2) is 0 Å². The van der Waals surface area contributed by atoms with Crippen LogP contribution in [0.1, 0.15) is 47.9 Å². The Balaban J connectivity index is 1.29. The maximum absolute atomic E-state index is 6.18. The minimum Gasteiger partial charge on any atom is -0.494 e. The number of aromatic nitrogens is 1. The zero-order chi connectivity index (χ0) is 21.0. The summed E-state index contributed by atoms with van der Waals surface area (Å²) in [5.41, 5.74) is 4.12. The smallest absolute Gasteiger partial charge is 0.212 e. The Bertz CT molecular complexity index is 867. The first-order valence-electron chi connectivity index (χ1n) is 11.6. The van der Waals surface area contributed by atoms with Gasteiger partial charge in [0.2, 0.25) is 5.88 Å². The van der Waals surface area contributed by atoms with E-state index in [-0.39, 0.29) is 0 Å². The fourth-order valence-electron chi connectivity index (χ4n) is 5.28. The number of ether oxygens (including phenoxy) is 3. The Morgan fingerprint density at radius 3 is 2.81 bits per heavy atom. The highest BCUT2D eigenvalue weighted by molar-refractivity contribution is 5.46. The lowest BCUT2D eigenvalue weighted by atomic mass is 9.82. The lowest BCUT2D eigenvalue weighted by Crippen LogP contribution is -2.37. The number of hydrogen-bond donors (Lipinski definition) is 0. The van der Waals surface area contributed by atoms with Crippen LogP contribution in [-0.2, 0) is 4.74 Å². The first-order valence-corrected chi connectivity index (χ1v) is 11.6. The van der Waals surface area contributed by atoms with Gasteiger partial charge in [0.25, 0.3) is 0 Å². The molecule has 0 aliphatic carbocycles. The zero-order valence-electron chi connectivity index (χ0n) is 18.5. The number of hydrogen-bond acceptors (Lipinski definition) is 6. The van der Waals surface area contributed by atoms with Crippen LogP contribution < -0.4 is 9.47 Å². The molecule has 1 aromatic carbocycles. The average Bonchev–Trinajstić information content (AvgIpc) is 3.31. The van der Waals surface area contributed by atoms with Crippen molar-refractivity contribution < 1.29 is 14.2 Å². The molecule has 2 saturated heterocycles. The molecular formula is C25H33N3O3. The molecule has 0 spiro atoms. The molecule has 2 unspecified atom stereocenters. The highest BCUT2D eigenvalue weighted by Crippen LogP contribution is 2.45. The molecule has 2 fully saturated rings. The summed E-state index contributed by atoms with van der Waals surface area (Å²) >= 11 is 0. The summed E-state index contributed by atoms with van der Waals surface area (Å²) in [5, 5.41) is 0. The Hall–Kier alpha value is -2.15. The van der Waals surface area contributed by atoms with Gasteiger partial charge in [-0.15, -0.1) is 0 Å². The van der Waals surface area contributed by atoms with Crippen LogP contribution in [0.3, 0.4) is 0 Å². The highest BCUT2D eigenvalue weighted by Gasteiger charge is 2.36. The Labute approximate surface area is 185 Å². The summed E-state index contributed by atoms with van der Waals surface area (Å²) in [4.78, 5) is 9.56. The molecule has 3 aliphatic rings. The molecule has 6 heteroatoms. The van der Waals surface area contributed by atoms with Crippen molar-refractivity contribution in [1.82, 2.24) is 14.8 Å². The summed E-state index contributed by atoms with van der Waals surface area (Å²) < 4.78 is 16.9. The second-order valence-corrected chi connectivity index (χ2v) is 8.79. The summed E-state index contributed by atoms with van der Waals surface area (Å²) in [7, 11) is 1.66. The number of fused-ring (bicyclic) bond motifs is 3. The molecular weight excluding hydrogens is 390 g/mol. The SMILES string of the molecule is COc1ccc(C2CN3CCCC3c3cc(OCCCN4CCOCC4)ccc32)cn1. The van der Waals surface area contributed by atoms with Gasteiger partial charge in [-0.1, -0.05) is 12.1 Å². The van der Waals surface area contributed by atoms with Gasteiger partial charge in [-0.3, -0.25) is 9.80 Å². The summed E-state index contributed by atoms with van der Waals surface area (Å²) in [6.07, 6.45) is 5.52. The number of methoxy groups -OCH3 is 1. The van der Waals surface area contributed by atoms with Gasteiger partial charge in [0.1, 0.15) is 5.75 Å². The van der Waals surface area contributed by atoms with E-state index in [2.05, 4.69) is 39.0 Å². The van der Waals surface area contributed by atoms with E-state index in [0.29, 0.717) is 17.8 Å². The largest absolute Gasteiger partial charge is 0.494 e. The number of rotatable bonds is 7. The van der Waals surface area contributed by atoms with E-state index in [1.807, 2.05) is 12.3 Å². The second kappa shape index (κ2) is 9.55. The molecule has 166 valence electrons. The van der Waals surface area contributed by atoms with Crippen molar-refractivity contribution in [2.24, 2.45) is 0 Å². The first kappa shape index (κ1) is 20.7. The van der Waals surface area contributed by atoms with E-state index < -0.39 is 0 Å². The average molecular weight is 424 g/mol. The topological polar surface area (TPSA) is 47.1 Å². The van der Waals surface area contributed by atoms with Crippen LogP contribution in [0.5, 0.6) is 11.6 Å². The summed E-state index contributed by atoms with van der Waals surface area (Å²) in [5.74, 6) is 2.01. The van der Waals surface area contributed by atoms with Gasteiger partial charge in [-0.2, -0.15) is 0 Å². The van der Waals surface area contributed by atoms with Crippen LogP contribution in [0.15, 0.2) is 36.5 Å². The third-order valence-electron chi connectivity index (χ3n) is 6.94. The minimum absolute atomic E-state index is 0.345. The molecule has 0 radical (unpaired) electrons. The fourth-order valence-corrected chi connectivity index (χ4v) is 5.28. The monoisotopic (exact) mass is 423 g/mol. The van der Waals surface area contributed by atoms with E-state index in [1.165, 1.54) is 36.1 Å². The van der Waals surface area contributed by atoms with E-state index in [0.717, 1.165) is 58.2 Å². The predicted molar refractivity (Wildman–Crippen MR) is 120 cm³/mol. The van der Waals surface area contributed by atoms with Crippen LogP contribution >= 0.6 is 0 Å². The molecule has 6 nitrogen and oxygen atoms in total. The molecule has 4 heterocycles. The molecule has 0 bridgehead atoms. The normalized spacial score (nSPS) is 23.9. The second-order valence-electron chi connectivity index (χ2n) is 8.79. The van der Waals surface area contributed by atoms with Crippen LogP contribution in [0.4, 0.5) is 0 Å². The van der Waals surface area contributed by atoms with Crippen molar-refractivity contribution in [2.75, 3.05) is 59.7 Å². The number of benzene rings is 1. The number of morpholine rings is 1. The number of pyridine rings is 1. The molecule has 2 atom stereocenters. The maximum atomic E-state index is 6.18. The Kier molecular flexibility index (Phi) is 6.39. The lowest BCUT2D eigenvalue weighted by Gasteiger charge is -2.37. The first-order chi connectivity index (χ1) is 15.3. The van der Waals surface area contributed by atoms with Crippen molar-refractivity contribution in [1.29, 1.82) is 0 Å². The maximum Gasteiger partial charge on any atom is 0.212 e. The number of nitrogens with zero attached hydrogens (tertiary/aromatic N) is 3. The zero-order valence-corrected chi connectivity index (χ0v) is 18.5. The van der Waals surface area contributed by atoms with E-state index in [9.17, 15) is 0 Å². The summed E-state index contributed by atoms with van der Waals surface area (Å²) in [6, 6.07) is 11.4. The molecule has 2 aromatic rings. The molecule has 1 aromatic heterocycles. The molecule has 0 saturated carbocycles. The van der Waals surface area contributed by atoms with Gasteiger partial charge in [-0.05, 0) is 54.6 Å². The van der Waals surface area contributed by atoms with Gasteiger partial charge >= 0.3 is 0 Å². The molecule has 0 amide bonds. The van der Waals surface area contributed by atoms with Gasteiger partial charge < -0.3 is 14.2 Å². The summed E-state index contributed by atoms with van der Waals surface area (Å²) in [6.45, 7) is 7.87. The van der Waals surface area contributed by atoms with E-state index >= 15 is 0 Å². The van der Waals surface area contributed by atoms with Crippen molar-refractivity contribution in [2.45, 2.75) is 31.2 Å². The Morgan fingerprint density at radius 1 is 1.10 bits per heavy atom. The fraction of sp³-hybridized carbons (Fsp3) is 0.560. The molecule has 3 aliphatic heterocycles. The van der Waals surface area contributed by atoms with Crippen LogP contribution in [-0.4, -0.2) is 74.4 Å². The van der Waals surface area contributed by atoms with Gasteiger partial charge in [0.05, 0.1) is 26.9 Å². The van der Waals surface area contributed by atoms with Gasteiger partial charge in [0, 0.05) is 50.4 Å². The quantitative estimate of drug-likeness (QED) is 0.636. The molecule has 31 heavy (non-hydrogen) atoms. The van der Waals surface area contributed by atoms with E-state index in [4.69, 9.17) is 14.2 Å². The van der Waals surface area contributed by atoms with Crippen molar-refractivity contribution in [3.8, 4) is 11.6 Å². The minimum atomic E-state index is 0.345. The van der Waals surface area contributed by atoms with Crippen LogP contribution in [0.25, 0.3) is 0 Å².